The lowest BCUT2D eigenvalue weighted by Gasteiger charge is -2.20. The molecule has 0 unspecified atom stereocenters. The van der Waals surface area contributed by atoms with Gasteiger partial charge in [0.15, 0.2) is 0 Å². The van der Waals surface area contributed by atoms with Gasteiger partial charge in [0, 0.05) is 6.42 Å². The zero-order chi connectivity index (χ0) is 8.55. The van der Waals surface area contributed by atoms with Gasteiger partial charge in [-0.3, -0.25) is 0 Å². The van der Waals surface area contributed by atoms with E-state index in [4.69, 9.17) is 4.74 Å². The smallest absolute Gasteiger partial charge is 0.212 e. The largest absolute Gasteiger partial charge is 0.471 e. The molecule has 0 aromatic heterocycles. The molecular formula is C9H7BrFO. The molecule has 0 aliphatic carbocycles. The van der Waals surface area contributed by atoms with E-state index < -0.39 is 0 Å². The van der Waals surface area contributed by atoms with Crippen LogP contribution in [0.4, 0.5) is 4.39 Å². The lowest BCUT2D eigenvalue weighted by Crippen LogP contribution is -2.09. The highest BCUT2D eigenvalue weighted by Crippen LogP contribution is 2.33. The molecule has 3 heteroatoms. The molecule has 1 aromatic carbocycles. The number of halogens is 2. The van der Waals surface area contributed by atoms with Gasteiger partial charge in [-0.15, -0.1) is 0 Å². The molecule has 1 heterocycles. The minimum Gasteiger partial charge on any atom is -0.471 e. The van der Waals surface area contributed by atoms with Gasteiger partial charge in [0.25, 0.3) is 0 Å². The molecule has 0 spiro atoms. The molecule has 2 rings (SSSR count). The summed E-state index contributed by atoms with van der Waals surface area (Å²) in [6, 6.07) is 4.59. The second-order valence-electron chi connectivity index (χ2n) is 2.71. The second kappa shape index (κ2) is 3.05. The zero-order valence-electron chi connectivity index (χ0n) is 6.31. The first-order valence-corrected chi connectivity index (χ1v) is 4.52. The zero-order valence-corrected chi connectivity index (χ0v) is 7.90. The Balaban J connectivity index is 2.37. The summed E-state index contributed by atoms with van der Waals surface area (Å²) in [7, 11) is 0. The van der Waals surface area contributed by atoms with E-state index in [0.717, 1.165) is 29.2 Å². The molecule has 1 nitrogen and oxygen atoms in total. The van der Waals surface area contributed by atoms with Crippen molar-refractivity contribution in [3.05, 3.63) is 34.6 Å². The Morgan fingerprint density at radius 2 is 2.17 bits per heavy atom. The Morgan fingerprint density at radius 3 is 3.00 bits per heavy atom. The van der Waals surface area contributed by atoms with Crippen molar-refractivity contribution in [2.45, 2.75) is 12.8 Å². The van der Waals surface area contributed by atoms with Gasteiger partial charge in [-0.1, -0.05) is 0 Å². The van der Waals surface area contributed by atoms with Gasteiger partial charge in [-0.25, -0.2) is 4.39 Å². The number of hydrogen-bond acceptors (Lipinski definition) is 1. The van der Waals surface area contributed by atoms with Crippen LogP contribution in [0.3, 0.4) is 0 Å². The highest BCUT2D eigenvalue weighted by atomic mass is 79.9. The number of fused-ring (bicyclic) bond motifs is 1. The van der Waals surface area contributed by atoms with Crippen molar-refractivity contribution in [2.75, 3.05) is 0 Å². The van der Waals surface area contributed by atoms with Crippen LogP contribution < -0.4 is 4.74 Å². The molecule has 0 saturated heterocycles. The summed E-state index contributed by atoms with van der Waals surface area (Å²) in [5.41, 5.74) is 0.943. The average molecular weight is 230 g/mol. The molecule has 0 atom stereocenters. The number of hydrogen-bond donors (Lipinski definition) is 0. The Bertz CT molecular complexity index is 301. The van der Waals surface area contributed by atoms with Crippen LogP contribution in [0.1, 0.15) is 12.0 Å². The summed E-state index contributed by atoms with van der Waals surface area (Å²) in [6.07, 6.45) is 1.66. The summed E-state index contributed by atoms with van der Waals surface area (Å²) in [4.78, 5) is 0. The minimum absolute atomic E-state index is 0.199. The molecule has 1 aromatic rings. The second-order valence-corrected chi connectivity index (χ2v) is 3.59. The maximum atomic E-state index is 12.7. The number of benzene rings is 1. The van der Waals surface area contributed by atoms with Crippen molar-refractivity contribution in [3.8, 4) is 5.75 Å². The van der Waals surface area contributed by atoms with E-state index in [1.807, 2.05) is 0 Å². The third-order valence-corrected chi connectivity index (χ3v) is 2.39. The average Bonchev–Trinajstić information content (AvgIpc) is 2.05. The standard InChI is InChI=1S/C9H7BrFO/c10-9-4-1-6-5-7(11)2-3-8(6)12-9/h2-3,5H,1,4H2. The van der Waals surface area contributed by atoms with E-state index in [9.17, 15) is 4.39 Å². The molecule has 0 N–H and O–H groups in total. The first-order chi connectivity index (χ1) is 5.75. The Kier molecular flexibility index (Phi) is 2.05. The summed E-state index contributed by atoms with van der Waals surface area (Å²) in [5.74, 6) is 0.560. The van der Waals surface area contributed by atoms with Gasteiger partial charge < -0.3 is 4.74 Å². The fourth-order valence-corrected chi connectivity index (χ4v) is 1.62. The predicted octanol–water partition coefficient (Wildman–Crippen LogP) is 3.04. The van der Waals surface area contributed by atoms with Crippen LogP contribution in [0.5, 0.6) is 5.75 Å². The van der Waals surface area contributed by atoms with Crippen LogP contribution in [0, 0.1) is 10.8 Å². The van der Waals surface area contributed by atoms with Gasteiger partial charge in [-0.05, 0) is 46.1 Å². The monoisotopic (exact) mass is 229 g/mol. The van der Waals surface area contributed by atoms with Gasteiger partial charge >= 0.3 is 0 Å². The molecule has 63 valence electrons. The summed E-state index contributed by atoms with van der Waals surface area (Å²) < 4.78 is 18.1. The van der Waals surface area contributed by atoms with Crippen LogP contribution in [0.2, 0.25) is 0 Å². The van der Waals surface area contributed by atoms with E-state index >= 15 is 0 Å². The summed E-state index contributed by atoms with van der Waals surface area (Å²) >= 11 is 3.28. The van der Waals surface area contributed by atoms with Crippen molar-refractivity contribution in [3.63, 3.8) is 0 Å². The van der Waals surface area contributed by atoms with Crippen LogP contribution >= 0.6 is 15.9 Å². The third kappa shape index (κ3) is 1.46. The molecule has 1 aliphatic rings. The van der Waals surface area contributed by atoms with Crippen LogP contribution in [-0.4, -0.2) is 0 Å². The van der Waals surface area contributed by atoms with Crippen LogP contribution in [0.15, 0.2) is 18.2 Å². The number of rotatable bonds is 0. The number of aryl methyl sites for hydroxylation is 1. The Hall–Kier alpha value is -0.570. The molecule has 0 bridgehead atoms. The van der Waals surface area contributed by atoms with E-state index in [2.05, 4.69) is 15.9 Å². The van der Waals surface area contributed by atoms with Crippen molar-refractivity contribution in [1.82, 2.24) is 0 Å². The molecule has 0 saturated carbocycles. The highest BCUT2D eigenvalue weighted by Gasteiger charge is 2.18. The van der Waals surface area contributed by atoms with E-state index in [1.54, 1.807) is 6.07 Å². The number of ether oxygens (including phenoxy) is 1. The fraction of sp³-hybridized carbons (Fsp3) is 0.222. The predicted molar refractivity (Wildman–Crippen MR) is 47.5 cm³/mol. The molecule has 1 radical (unpaired) electrons. The molecule has 0 fully saturated rings. The SMILES string of the molecule is Fc1ccc2c(c1)CC[C](Br)O2. The van der Waals surface area contributed by atoms with Gasteiger partial charge in [-0.2, -0.15) is 0 Å². The lowest BCUT2D eigenvalue weighted by molar-refractivity contribution is 0.348. The van der Waals surface area contributed by atoms with Crippen molar-refractivity contribution in [2.24, 2.45) is 0 Å². The molecule has 1 aliphatic heterocycles. The van der Waals surface area contributed by atoms with E-state index in [-0.39, 0.29) is 5.82 Å². The van der Waals surface area contributed by atoms with Crippen LogP contribution in [-0.2, 0) is 6.42 Å². The first-order valence-electron chi connectivity index (χ1n) is 3.73. The van der Waals surface area contributed by atoms with Crippen molar-refractivity contribution < 1.29 is 9.13 Å². The van der Waals surface area contributed by atoms with E-state index in [0.29, 0.717) is 0 Å². The van der Waals surface area contributed by atoms with Gasteiger partial charge in [0.05, 0.1) is 0 Å². The first kappa shape index (κ1) is 8.05. The van der Waals surface area contributed by atoms with Crippen molar-refractivity contribution >= 4 is 15.9 Å². The maximum Gasteiger partial charge on any atom is 0.212 e. The summed E-state index contributed by atoms with van der Waals surface area (Å²) in [6.45, 7) is 0. The Labute approximate surface area is 78.7 Å². The normalized spacial score (nSPS) is 16.8. The quantitative estimate of drug-likeness (QED) is 0.665. The van der Waals surface area contributed by atoms with Crippen LogP contribution in [0.25, 0.3) is 0 Å². The van der Waals surface area contributed by atoms with Gasteiger partial charge in [0.2, 0.25) is 5.01 Å². The fourth-order valence-electron chi connectivity index (χ4n) is 1.25. The highest BCUT2D eigenvalue weighted by molar-refractivity contribution is 9.11. The maximum absolute atomic E-state index is 12.7. The topological polar surface area (TPSA) is 9.23 Å². The Morgan fingerprint density at radius 1 is 1.33 bits per heavy atom. The molecular weight excluding hydrogens is 223 g/mol. The molecule has 0 amide bonds. The van der Waals surface area contributed by atoms with Gasteiger partial charge in [0.1, 0.15) is 11.6 Å². The third-order valence-electron chi connectivity index (χ3n) is 1.83. The van der Waals surface area contributed by atoms with Crippen molar-refractivity contribution in [1.29, 1.82) is 0 Å². The minimum atomic E-state index is -0.199. The molecule has 12 heavy (non-hydrogen) atoms. The summed E-state index contributed by atoms with van der Waals surface area (Å²) in [5, 5.41) is 0.821. The lowest BCUT2D eigenvalue weighted by atomic mass is 10.1. The van der Waals surface area contributed by atoms with E-state index in [1.165, 1.54) is 12.1 Å².